The van der Waals surface area contributed by atoms with Crippen molar-refractivity contribution in [3.63, 3.8) is 0 Å². The molecule has 5 aromatic carbocycles. The van der Waals surface area contributed by atoms with Crippen LogP contribution in [-0.4, -0.2) is 0 Å². The molecule has 0 bridgehead atoms. The molecule has 2 heteroatoms. The van der Waals surface area contributed by atoms with Gasteiger partial charge in [0.25, 0.3) is 0 Å². The van der Waals surface area contributed by atoms with E-state index in [1.165, 1.54) is 0 Å². The molecule has 0 radical (unpaired) electrons. The van der Waals surface area contributed by atoms with E-state index in [9.17, 15) is 0 Å². The maximum absolute atomic E-state index is 15.3. The van der Waals surface area contributed by atoms with Gasteiger partial charge >= 0.3 is 0 Å². The van der Waals surface area contributed by atoms with Crippen LogP contribution in [0.3, 0.4) is 0 Å². The van der Waals surface area contributed by atoms with E-state index in [0.29, 0.717) is 0 Å². The maximum atomic E-state index is 15.3. The molecule has 0 saturated heterocycles. The largest absolute Gasteiger partial charge is 0.309 e. The van der Waals surface area contributed by atoms with Crippen molar-refractivity contribution in [1.29, 1.82) is 0 Å². The molecule has 0 amide bonds. The summed E-state index contributed by atoms with van der Waals surface area (Å²) in [6.07, 6.45) is 0. The summed E-state index contributed by atoms with van der Waals surface area (Å²) in [5.74, 6) is 0. The predicted molar refractivity (Wildman–Crippen MR) is 144 cm³/mol. The molecule has 1 atom stereocenters. The standard InChI is InChI=1S/C32H23OP/c33-34(28-19-8-3-9-20-28)30-22-11-10-21-29(30)31(25-15-6-2-7-16-25)32(34)27-18-12-17-26(23-27)24-13-4-1-5-14-24/h1-23H. The first-order chi connectivity index (χ1) is 16.8. The van der Waals surface area contributed by atoms with Crippen LogP contribution >= 0.6 is 7.14 Å². The molecular formula is C32H23OP. The first-order valence-corrected chi connectivity index (χ1v) is 13.2. The number of hydrogen-bond donors (Lipinski definition) is 0. The van der Waals surface area contributed by atoms with Crippen molar-refractivity contribution in [2.45, 2.75) is 0 Å². The van der Waals surface area contributed by atoms with Crippen LogP contribution in [0.5, 0.6) is 0 Å². The van der Waals surface area contributed by atoms with Crippen LogP contribution in [0.25, 0.3) is 22.0 Å². The van der Waals surface area contributed by atoms with Gasteiger partial charge in [-0.15, -0.1) is 0 Å². The second kappa shape index (κ2) is 8.45. The summed E-state index contributed by atoms with van der Waals surface area (Å²) in [6, 6.07) is 47.4. The second-order valence-electron chi connectivity index (χ2n) is 8.50. The molecule has 6 rings (SSSR count). The molecule has 162 valence electrons. The molecule has 1 heterocycles. The molecule has 1 aliphatic rings. The van der Waals surface area contributed by atoms with Crippen LogP contribution in [0.15, 0.2) is 140 Å². The maximum Gasteiger partial charge on any atom is 0.172 e. The van der Waals surface area contributed by atoms with Crippen molar-refractivity contribution < 1.29 is 4.57 Å². The van der Waals surface area contributed by atoms with Gasteiger partial charge in [-0.05, 0) is 33.9 Å². The van der Waals surface area contributed by atoms with Crippen LogP contribution in [0.1, 0.15) is 16.7 Å². The zero-order chi connectivity index (χ0) is 23.0. The Hall–Kier alpha value is -3.93. The summed E-state index contributed by atoms with van der Waals surface area (Å²) in [7, 11) is -3.10. The third-order valence-electron chi connectivity index (χ3n) is 6.49. The molecule has 1 unspecified atom stereocenters. The van der Waals surface area contributed by atoms with Gasteiger partial charge in [0.1, 0.15) is 0 Å². The first kappa shape index (κ1) is 20.7. The van der Waals surface area contributed by atoms with Gasteiger partial charge in [-0.25, -0.2) is 0 Å². The van der Waals surface area contributed by atoms with Crippen molar-refractivity contribution in [2.75, 3.05) is 0 Å². The third kappa shape index (κ3) is 3.29. The van der Waals surface area contributed by atoms with Gasteiger partial charge in [0, 0.05) is 21.5 Å². The fraction of sp³-hybridized carbons (Fsp3) is 0. The van der Waals surface area contributed by atoms with Crippen molar-refractivity contribution in [1.82, 2.24) is 0 Å². The fourth-order valence-electron chi connectivity index (χ4n) is 4.97. The Balaban J connectivity index is 1.70. The minimum Gasteiger partial charge on any atom is -0.309 e. The molecular weight excluding hydrogens is 431 g/mol. The predicted octanol–water partition coefficient (Wildman–Crippen LogP) is 7.60. The topological polar surface area (TPSA) is 17.1 Å². The van der Waals surface area contributed by atoms with Gasteiger partial charge in [0.15, 0.2) is 7.14 Å². The molecule has 0 spiro atoms. The first-order valence-electron chi connectivity index (χ1n) is 11.5. The smallest absolute Gasteiger partial charge is 0.172 e. The summed E-state index contributed by atoms with van der Waals surface area (Å²) < 4.78 is 15.3. The van der Waals surface area contributed by atoms with E-state index in [2.05, 4.69) is 78.9 Å². The van der Waals surface area contributed by atoms with Crippen molar-refractivity contribution in [2.24, 2.45) is 0 Å². The highest BCUT2D eigenvalue weighted by molar-refractivity contribution is 7.88. The van der Waals surface area contributed by atoms with Gasteiger partial charge in [0.05, 0.1) is 0 Å². The van der Waals surface area contributed by atoms with E-state index < -0.39 is 7.14 Å². The summed E-state index contributed by atoms with van der Waals surface area (Å²) in [6.45, 7) is 0. The molecule has 0 fully saturated rings. The van der Waals surface area contributed by atoms with Gasteiger partial charge < -0.3 is 4.57 Å². The van der Waals surface area contributed by atoms with Crippen LogP contribution in [0.2, 0.25) is 0 Å². The van der Waals surface area contributed by atoms with E-state index in [1.807, 2.05) is 60.7 Å². The average Bonchev–Trinajstić information content (AvgIpc) is 3.20. The lowest BCUT2D eigenvalue weighted by Gasteiger charge is -2.20. The molecule has 0 N–H and O–H groups in total. The monoisotopic (exact) mass is 454 g/mol. The molecule has 1 aliphatic heterocycles. The second-order valence-corrected chi connectivity index (χ2v) is 11.2. The summed E-state index contributed by atoms with van der Waals surface area (Å²) in [5.41, 5.74) is 6.48. The summed E-state index contributed by atoms with van der Waals surface area (Å²) in [4.78, 5) is 0. The van der Waals surface area contributed by atoms with Crippen molar-refractivity contribution in [3.05, 3.63) is 156 Å². The quantitative estimate of drug-likeness (QED) is 0.256. The highest BCUT2D eigenvalue weighted by Gasteiger charge is 2.43. The third-order valence-corrected chi connectivity index (χ3v) is 9.70. The van der Waals surface area contributed by atoms with E-state index >= 15 is 4.57 Å². The van der Waals surface area contributed by atoms with Gasteiger partial charge in [-0.2, -0.15) is 0 Å². The van der Waals surface area contributed by atoms with E-state index in [-0.39, 0.29) is 0 Å². The van der Waals surface area contributed by atoms with Gasteiger partial charge in [-0.1, -0.05) is 133 Å². The Labute approximate surface area is 200 Å². The van der Waals surface area contributed by atoms with E-state index in [4.69, 9.17) is 0 Å². The number of benzene rings is 5. The SMILES string of the molecule is O=P1(c2ccccc2)C(c2cccc(-c3ccccc3)c2)=C(c2ccccc2)c2ccccc21. The zero-order valence-corrected chi connectivity index (χ0v) is 19.5. The average molecular weight is 455 g/mol. The van der Waals surface area contributed by atoms with Gasteiger partial charge in [-0.3, -0.25) is 0 Å². The van der Waals surface area contributed by atoms with Crippen molar-refractivity contribution in [3.8, 4) is 11.1 Å². The summed E-state index contributed by atoms with van der Waals surface area (Å²) >= 11 is 0. The lowest BCUT2D eigenvalue weighted by atomic mass is 9.94. The Morgan fingerprint density at radius 1 is 0.441 bits per heavy atom. The Kier molecular flexibility index (Phi) is 5.13. The lowest BCUT2D eigenvalue weighted by Crippen LogP contribution is -2.15. The van der Waals surface area contributed by atoms with Crippen LogP contribution < -0.4 is 10.6 Å². The van der Waals surface area contributed by atoms with Crippen molar-refractivity contribution >= 4 is 28.6 Å². The van der Waals surface area contributed by atoms with Crippen LogP contribution in [0.4, 0.5) is 0 Å². The lowest BCUT2D eigenvalue weighted by molar-refractivity contribution is 0.593. The van der Waals surface area contributed by atoms with E-state index in [1.54, 1.807) is 0 Å². The molecule has 0 aromatic heterocycles. The molecule has 0 aliphatic carbocycles. The Bertz CT molecular complexity index is 1550. The molecule has 34 heavy (non-hydrogen) atoms. The van der Waals surface area contributed by atoms with Crippen LogP contribution in [0, 0.1) is 0 Å². The molecule has 0 saturated carbocycles. The molecule has 5 aromatic rings. The minimum absolute atomic E-state index is 0.869. The normalized spacial score (nSPS) is 16.9. The number of rotatable bonds is 4. The number of hydrogen-bond acceptors (Lipinski definition) is 1. The Morgan fingerprint density at radius 3 is 1.68 bits per heavy atom. The van der Waals surface area contributed by atoms with Crippen LogP contribution in [-0.2, 0) is 4.57 Å². The number of fused-ring (bicyclic) bond motifs is 1. The zero-order valence-electron chi connectivity index (χ0n) is 18.6. The van der Waals surface area contributed by atoms with E-state index in [0.717, 1.165) is 49.3 Å². The minimum atomic E-state index is -3.10. The molecule has 1 nitrogen and oxygen atoms in total. The van der Waals surface area contributed by atoms with Gasteiger partial charge in [0.2, 0.25) is 0 Å². The fourth-order valence-corrected chi connectivity index (χ4v) is 8.23. The highest BCUT2D eigenvalue weighted by atomic mass is 31.2. The Morgan fingerprint density at radius 2 is 0.971 bits per heavy atom. The summed E-state index contributed by atoms with van der Waals surface area (Å²) in [5, 5.41) is 2.71. The highest BCUT2D eigenvalue weighted by Crippen LogP contribution is 2.65.